The van der Waals surface area contributed by atoms with Crippen molar-refractivity contribution in [3.8, 4) is 0 Å². The summed E-state index contributed by atoms with van der Waals surface area (Å²) in [4.78, 5) is 1.64. The van der Waals surface area contributed by atoms with Crippen LogP contribution in [0.25, 0.3) is 0 Å². The van der Waals surface area contributed by atoms with Gasteiger partial charge in [0.15, 0.2) is 0 Å². The fraction of sp³-hybridized carbons (Fsp3) is 0.231. The summed E-state index contributed by atoms with van der Waals surface area (Å²) in [5, 5.41) is 0. The number of alkyl halides is 1. The molecule has 0 bridgehead atoms. The Labute approximate surface area is 117 Å². The van der Waals surface area contributed by atoms with E-state index in [-0.39, 0.29) is 0 Å². The van der Waals surface area contributed by atoms with Crippen LogP contribution in [0.4, 0.5) is 0 Å². The molecule has 1 aromatic carbocycles. The van der Waals surface area contributed by atoms with Crippen LogP contribution in [0.3, 0.4) is 0 Å². The van der Waals surface area contributed by atoms with Gasteiger partial charge >= 0.3 is 0 Å². The van der Waals surface area contributed by atoms with Gasteiger partial charge in [-0.25, -0.2) is 0 Å². The molecule has 1 atom stereocenters. The highest BCUT2D eigenvalue weighted by molar-refractivity contribution is 9.11. The maximum absolute atomic E-state index is 3.76. The first-order chi connectivity index (χ1) is 7.58. The molecule has 0 aliphatic carbocycles. The molecule has 0 nitrogen and oxygen atoms in total. The highest BCUT2D eigenvalue weighted by atomic mass is 79.9. The first kappa shape index (κ1) is 12.3. The second-order valence-corrected chi connectivity index (χ2v) is 7.20. The Hall–Kier alpha value is -0.120. The number of aryl methyl sites for hydroxylation is 2. The van der Waals surface area contributed by atoms with Gasteiger partial charge in [-0.15, -0.1) is 11.3 Å². The van der Waals surface area contributed by atoms with Crippen LogP contribution in [-0.2, 0) is 0 Å². The molecular formula is C13H12Br2S. The lowest BCUT2D eigenvalue weighted by Gasteiger charge is -2.07. The number of rotatable bonds is 2. The van der Waals surface area contributed by atoms with E-state index in [9.17, 15) is 0 Å². The van der Waals surface area contributed by atoms with Gasteiger partial charge in [0.1, 0.15) is 0 Å². The lowest BCUT2D eigenvalue weighted by atomic mass is 10.1. The Balaban J connectivity index is 2.31. The van der Waals surface area contributed by atoms with Gasteiger partial charge in [-0.05, 0) is 47.0 Å². The van der Waals surface area contributed by atoms with Crippen molar-refractivity contribution in [3.05, 3.63) is 55.7 Å². The molecule has 1 heterocycles. The third-order valence-corrected chi connectivity index (χ3v) is 6.02. The Morgan fingerprint density at radius 3 is 2.25 bits per heavy atom. The average Bonchev–Trinajstić information content (AvgIpc) is 2.59. The average molecular weight is 360 g/mol. The summed E-state index contributed by atoms with van der Waals surface area (Å²) in [5.74, 6) is 0. The SMILES string of the molecule is Cc1ccc(C(Br)c2cc(C)c(Br)s2)cc1. The summed E-state index contributed by atoms with van der Waals surface area (Å²) >= 11 is 9.11. The largest absolute Gasteiger partial charge is 0.131 e. The molecule has 0 aliphatic rings. The van der Waals surface area contributed by atoms with Crippen LogP contribution >= 0.6 is 43.2 Å². The van der Waals surface area contributed by atoms with Crippen LogP contribution in [0.1, 0.15) is 26.4 Å². The maximum atomic E-state index is 3.76. The standard InChI is InChI=1S/C13H12Br2S/c1-8-3-5-10(6-4-8)12(14)11-7-9(2)13(15)16-11/h3-7,12H,1-2H3. The van der Waals surface area contributed by atoms with Crippen molar-refractivity contribution in [1.29, 1.82) is 0 Å². The molecule has 2 rings (SSSR count). The van der Waals surface area contributed by atoms with Crippen LogP contribution in [0.2, 0.25) is 0 Å². The zero-order valence-electron chi connectivity index (χ0n) is 9.13. The summed E-state index contributed by atoms with van der Waals surface area (Å²) in [6, 6.07) is 10.9. The van der Waals surface area contributed by atoms with E-state index in [1.807, 2.05) is 0 Å². The van der Waals surface area contributed by atoms with E-state index in [0.717, 1.165) is 0 Å². The molecule has 0 radical (unpaired) electrons. The van der Waals surface area contributed by atoms with Crippen molar-refractivity contribution in [1.82, 2.24) is 0 Å². The number of benzene rings is 1. The normalized spacial score (nSPS) is 12.8. The van der Waals surface area contributed by atoms with Gasteiger partial charge in [0.05, 0.1) is 8.61 Å². The van der Waals surface area contributed by atoms with E-state index in [2.05, 4.69) is 76.0 Å². The molecular weight excluding hydrogens is 348 g/mol. The van der Waals surface area contributed by atoms with Gasteiger partial charge < -0.3 is 0 Å². The molecule has 3 heteroatoms. The molecule has 1 aromatic heterocycles. The number of thiophene rings is 1. The van der Waals surface area contributed by atoms with Crippen molar-refractivity contribution in [2.45, 2.75) is 18.7 Å². The molecule has 84 valence electrons. The predicted octanol–water partition coefficient (Wildman–Crippen LogP) is 5.61. The van der Waals surface area contributed by atoms with E-state index in [4.69, 9.17) is 0 Å². The molecule has 0 spiro atoms. The number of hydrogen-bond donors (Lipinski definition) is 0. The molecule has 0 amide bonds. The van der Waals surface area contributed by atoms with E-state index >= 15 is 0 Å². The minimum absolute atomic E-state index is 0.295. The van der Waals surface area contributed by atoms with Gasteiger partial charge in [0.25, 0.3) is 0 Å². The van der Waals surface area contributed by atoms with Crippen LogP contribution in [-0.4, -0.2) is 0 Å². The Morgan fingerprint density at radius 1 is 1.12 bits per heavy atom. The van der Waals surface area contributed by atoms with Gasteiger partial charge in [0, 0.05) is 4.88 Å². The monoisotopic (exact) mass is 358 g/mol. The molecule has 1 unspecified atom stereocenters. The first-order valence-electron chi connectivity index (χ1n) is 5.04. The molecule has 0 N–H and O–H groups in total. The van der Waals surface area contributed by atoms with Crippen molar-refractivity contribution in [3.63, 3.8) is 0 Å². The van der Waals surface area contributed by atoms with Crippen molar-refractivity contribution in [2.24, 2.45) is 0 Å². The highest BCUT2D eigenvalue weighted by Crippen LogP contribution is 2.38. The molecule has 0 fully saturated rings. The van der Waals surface area contributed by atoms with E-state index in [1.54, 1.807) is 11.3 Å². The highest BCUT2D eigenvalue weighted by Gasteiger charge is 2.13. The Bertz CT molecular complexity index is 466. The molecule has 16 heavy (non-hydrogen) atoms. The van der Waals surface area contributed by atoms with Gasteiger partial charge in [-0.2, -0.15) is 0 Å². The zero-order chi connectivity index (χ0) is 11.7. The quantitative estimate of drug-likeness (QED) is 0.611. The zero-order valence-corrected chi connectivity index (χ0v) is 13.1. The van der Waals surface area contributed by atoms with Crippen LogP contribution in [0.5, 0.6) is 0 Å². The maximum Gasteiger partial charge on any atom is 0.0738 e. The second kappa shape index (κ2) is 5.03. The summed E-state index contributed by atoms with van der Waals surface area (Å²) in [6.07, 6.45) is 0. The van der Waals surface area contributed by atoms with Gasteiger partial charge in [-0.1, -0.05) is 45.8 Å². The Morgan fingerprint density at radius 2 is 1.75 bits per heavy atom. The molecule has 0 saturated carbocycles. The van der Waals surface area contributed by atoms with Gasteiger partial charge in [0.2, 0.25) is 0 Å². The fourth-order valence-electron chi connectivity index (χ4n) is 1.51. The third-order valence-electron chi connectivity index (χ3n) is 2.50. The smallest absolute Gasteiger partial charge is 0.0738 e. The topological polar surface area (TPSA) is 0 Å². The summed E-state index contributed by atoms with van der Waals surface area (Å²) in [5.41, 5.74) is 3.91. The van der Waals surface area contributed by atoms with E-state index in [1.165, 1.54) is 25.4 Å². The van der Waals surface area contributed by atoms with E-state index in [0.29, 0.717) is 4.83 Å². The first-order valence-corrected chi connectivity index (χ1v) is 7.57. The summed E-state index contributed by atoms with van der Waals surface area (Å²) < 4.78 is 1.22. The molecule has 0 saturated heterocycles. The van der Waals surface area contributed by atoms with Crippen molar-refractivity contribution < 1.29 is 0 Å². The number of halogens is 2. The van der Waals surface area contributed by atoms with Crippen LogP contribution < -0.4 is 0 Å². The summed E-state index contributed by atoms with van der Waals surface area (Å²) in [6.45, 7) is 4.23. The summed E-state index contributed by atoms with van der Waals surface area (Å²) in [7, 11) is 0. The minimum Gasteiger partial charge on any atom is -0.131 e. The van der Waals surface area contributed by atoms with Crippen LogP contribution in [0.15, 0.2) is 34.1 Å². The third kappa shape index (κ3) is 2.58. The van der Waals surface area contributed by atoms with E-state index < -0.39 is 0 Å². The lowest BCUT2D eigenvalue weighted by molar-refractivity contribution is 1.21. The van der Waals surface area contributed by atoms with Crippen LogP contribution in [0, 0.1) is 13.8 Å². The molecule has 2 aromatic rings. The van der Waals surface area contributed by atoms with Crippen molar-refractivity contribution in [2.75, 3.05) is 0 Å². The Kier molecular flexibility index (Phi) is 3.88. The number of hydrogen-bond acceptors (Lipinski definition) is 1. The molecule has 0 aliphatic heterocycles. The minimum atomic E-state index is 0.295. The van der Waals surface area contributed by atoms with Gasteiger partial charge in [-0.3, -0.25) is 0 Å². The predicted molar refractivity (Wildman–Crippen MR) is 78.7 cm³/mol. The van der Waals surface area contributed by atoms with Crippen molar-refractivity contribution >= 4 is 43.2 Å². The lowest BCUT2D eigenvalue weighted by Crippen LogP contribution is -1.89. The second-order valence-electron chi connectivity index (χ2n) is 3.88. The fourth-order valence-corrected chi connectivity index (χ4v) is 3.80.